The van der Waals surface area contributed by atoms with Crippen molar-refractivity contribution >= 4 is 17.1 Å². The number of thiophene rings is 1. The lowest BCUT2D eigenvalue weighted by Crippen LogP contribution is -2.35. The molecule has 0 saturated heterocycles. The van der Waals surface area contributed by atoms with Crippen LogP contribution in [0.25, 0.3) is 0 Å². The molecule has 0 N–H and O–H groups in total. The summed E-state index contributed by atoms with van der Waals surface area (Å²) in [5, 5.41) is 2.08. The van der Waals surface area contributed by atoms with Gasteiger partial charge in [0.15, 0.2) is 5.78 Å². The molecule has 2 nitrogen and oxygen atoms in total. The first kappa shape index (κ1) is 15.9. The fraction of sp³-hybridized carbons (Fsp3) is 0.389. The lowest BCUT2D eigenvalue weighted by atomic mass is 10.0. The maximum Gasteiger partial charge on any atom is 0.177 e. The number of hydrogen-bond acceptors (Lipinski definition) is 3. The van der Waals surface area contributed by atoms with Gasteiger partial charge in [0.05, 0.1) is 6.54 Å². The van der Waals surface area contributed by atoms with Gasteiger partial charge in [0.2, 0.25) is 0 Å². The average Bonchev–Trinajstić information content (AvgIpc) is 2.93. The highest BCUT2D eigenvalue weighted by molar-refractivity contribution is 7.09. The van der Waals surface area contributed by atoms with Crippen LogP contribution in [0.4, 0.5) is 0 Å². The molecule has 0 aliphatic rings. The second-order valence-electron chi connectivity index (χ2n) is 5.82. The number of nitrogens with zero attached hydrogens (tertiary/aromatic N) is 1. The molecule has 0 atom stereocenters. The smallest absolute Gasteiger partial charge is 0.177 e. The predicted octanol–water partition coefficient (Wildman–Crippen LogP) is 4.46. The van der Waals surface area contributed by atoms with E-state index in [1.165, 1.54) is 4.88 Å². The van der Waals surface area contributed by atoms with E-state index in [9.17, 15) is 4.79 Å². The monoisotopic (exact) mass is 301 g/mol. The van der Waals surface area contributed by atoms with Gasteiger partial charge in [-0.1, -0.05) is 23.8 Å². The van der Waals surface area contributed by atoms with E-state index in [0.29, 0.717) is 12.6 Å². The van der Waals surface area contributed by atoms with Crippen molar-refractivity contribution in [3.63, 3.8) is 0 Å². The number of hydrogen-bond donors (Lipinski definition) is 0. The van der Waals surface area contributed by atoms with Crippen LogP contribution in [0.3, 0.4) is 0 Å². The van der Waals surface area contributed by atoms with Crippen molar-refractivity contribution in [1.29, 1.82) is 0 Å². The molecule has 1 heterocycles. The van der Waals surface area contributed by atoms with E-state index in [1.807, 2.05) is 26.0 Å². The molecule has 0 amide bonds. The zero-order valence-corrected chi connectivity index (χ0v) is 14.0. The fourth-order valence-corrected chi connectivity index (χ4v) is 3.06. The van der Waals surface area contributed by atoms with Crippen molar-refractivity contribution in [2.75, 3.05) is 6.54 Å². The zero-order chi connectivity index (χ0) is 15.4. The number of rotatable bonds is 6. The number of carbonyl (C=O) groups excluding carboxylic acids is 1. The minimum atomic E-state index is 0.210. The van der Waals surface area contributed by atoms with Crippen LogP contribution < -0.4 is 0 Å². The van der Waals surface area contributed by atoms with Gasteiger partial charge >= 0.3 is 0 Å². The molecule has 0 unspecified atom stereocenters. The molecule has 0 fully saturated rings. The molecule has 112 valence electrons. The van der Waals surface area contributed by atoms with E-state index in [2.05, 4.69) is 42.3 Å². The Morgan fingerprint density at radius 1 is 1.24 bits per heavy atom. The Kier molecular flexibility index (Phi) is 5.32. The van der Waals surface area contributed by atoms with Crippen LogP contribution in [0.1, 0.15) is 40.2 Å². The summed E-state index contributed by atoms with van der Waals surface area (Å²) in [5.41, 5.74) is 3.05. The number of carbonyl (C=O) groups is 1. The molecule has 21 heavy (non-hydrogen) atoms. The number of aryl methyl sites for hydroxylation is 2. The van der Waals surface area contributed by atoms with Crippen molar-refractivity contribution in [3.05, 3.63) is 57.3 Å². The van der Waals surface area contributed by atoms with Crippen LogP contribution in [-0.2, 0) is 6.54 Å². The molecule has 0 radical (unpaired) electrons. The molecule has 1 aromatic carbocycles. The maximum atomic E-state index is 12.6. The lowest BCUT2D eigenvalue weighted by molar-refractivity contribution is 0.0898. The molecule has 2 rings (SSSR count). The number of Topliss-reactive ketones (excluding diaryl/α,β-unsaturated/α-hetero) is 1. The third-order valence-corrected chi connectivity index (χ3v) is 4.57. The van der Waals surface area contributed by atoms with Crippen molar-refractivity contribution in [1.82, 2.24) is 4.90 Å². The topological polar surface area (TPSA) is 20.3 Å². The molecular formula is C18H23NOS. The van der Waals surface area contributed by atoms with Crippen molar-refractivity contribution in [2.45, 2.75) is 40.3 Å². The van der Waals surface area contributed by atoms with Crippen molar-refractivity contribution < 1.29 is 4.79 Å². The first-order valence-electron chi connectivity index (χ1n) is 7.34. The van der Waals surface area contributed by atoms with E-state index < -0.39 is 0 Å². The van der Waals surface area contributed by atoms with Gasteiger partial charge in [0.1, 0.15) is 0 Å². The molecule has 2 aromatic rings. The van der Waals surface area contributed by atoms with E-state index in [1.54, 1.807) is 11.3 Å². The van der Waals surface area contributed by atoms with Gasteiger partial charge in [0, 0.05) is 23.0 Å². The van der Waals surface area contributed by atoms with Crippen LogP contribution >= 0.6 is 11.3 Å². The number of ketones is 1. The Labute approximate surface area is 131 Å². The van der Waals surface area contributed by atoms with E-state index in [-0.39, 0.29) is 5.78 Å². The van der Waals surface area contributed by atoms with Crippen LogP contribution in [0.2, 0.25) is 0 Å². The third-order valence-electron chi connectivity index (χ3n) is 3.71. The normalized spacial score (nSPS) is 11.3. The summed E-state index contributed by atoms with van der Waals surface area (Å²) in [7, 11) is 0. The van der Waals surface area contributed by atoms with Gasteiger partial charge in [-0.15, -0.1) is 11.3 Å². The lowest BCUT2D eigenvalue weighted by Gasteiger charge is -2.25. The van der Waals surface area contributed by atoms with Crippen molar-refractivity contribution in [3.8, 4) is 0 Å². The Hall–Kier alpha value is -1.45. The summed E-state index contributed by atoms with van der Waals surface area (Å²) in [4.78, 5) is 16.2. The maximum absolute atomic E-state index is 12.6. The highest BCUT2D eigenvalue weighted by Gasteiger charge is 2.17. The molecule has 3 heteroatoms. The Balaban J connectivity index is 2.12. The molecular weight excluding hydrogens is 278 g/mol. The molecule has 0 aliphatic carbocycles. The van der Waals surface area contributed by atoms with E-state index in [0.717, 1.165) is 23.2 Å². The van der Waals surface area contributed by atoms with Gasteiger partial charge < -0.3 is 0 Å². The fourth-order valence-electron chi connectivity index (χ4n) is 2.33. The zero-order valence-electron chi connectivity index (χ0n) is 13.2. The van der Waals surface area contributed by atoms with Gasteiger partial charge in [-0.2, -0.15) is 0 Å². The standard InChI is InChI=1S/C18H23NOS/c1-13(2)19(11-16-6-5-9-21-16)12-18(20)17-10-14(3)7-8-15(17)4/h5-10,13H,11-12H2,1-4H3. The third kappa shape index (κ3) is 4.26. The molecule has 0 aliphatic heterocycles. The van der Waals surface area contributed by atoms with Crippen LogP contribution in [-0.4, -0.2) is 23.3 Å². The molecule has 0 bridgehead atoms. The van der Waals surface area contributed by atoms with Crippen LogP contribution in [0, 0.1) is 13.8 Å². The predicted molar refractivity (Wildman–Crippen MR) is 90.1 cm³/mol. The minimum Gasteiger partial charge on any atom is -0.293 e. The van der Waals surface area contributed by atoms with Gasteiger partial charge in [0.25, 0.3) is 0 Å². The summed E-state index contributed by atoms with van der Waals surface area (Å²) < 4.78 is 0. The van der Waals surface area contributed by atoms with Crippen LogP contribution in [0.5, 0.6) is 0 Å². The van der Waals surface area contributed by atoms with Gasteiger partial charge in [-0.05, 0) is 50.8 Å². The summed E-state index contributed by atoms with van der Waals surface area (Å²) >= 11 is 1.74. The first-order valence-corrected chi connectivity index (χ1v) is 8.22. The molecule has 0 saturated carbocycles. The van der Waals surface area contributed by atoms with Gasteiger partial charge in [-0.3, -0.25) is 9.69 Å². The van der Waals surface area contributed by atoms with E-state index in [4.69, 9.17) is 0 Å². The highest BCUT2D eigenvalue weighted by atomic mass is 32.1. The average molecular weight is 301 g/mol. The summed E-state index contributed by atoms with van der Waals surface area (Å²) in [6.45, 7) is 9.63. The quantitative estimate of drug-likeness (QED) is 0.734. The second-order valence-corrected chi connectivity index (χ2v) is 6.85. The van der Waals surface area contributed by atoms with Crippen LogP contribution in [0.15, 0.2) is 35.7 Å². The summed E-state index contributed by atoms with van der Waals surface area (Å²) in [5.74, 6) is 0.210. The van der Waals surface area contributed by atoms with Crippen molar-refractivity contribution in [2.24, 2.45) is 0 Å². The summed E-state index contributed by atoms with van der Waals surface area (Å²) in [6, 6.07) is 10.6. The summed E-state index contributed by atoms with van der Waals surface area (Å²) in [6.07, 6.45) is 0. The Morgan fingerprint density at radius 3 is 2.62 bits per heavy atom. The second kappa shape index (κ2) is 7.01. The molecule has 1 aromatic heterocycles. The van der Waals surface area contributed by atoms with E-state index >= 15 is 0 Å². The molecule has 0 spiro atoms. The first-order chi connectivity index (χ1) is 9.97. The number of benzene rings is 1. The Bertz CT molecular complexity index is 602. The SMILES string of the molecule is Cc1ccc(C)c(C(=O)CN(Cc2cccs2)C(C)C)c1. The Morgan fingerprint density at radius 2 is 2.00 bits per heavy atom. The van der Waals surface area contributed by atoms with Gasteiger partial charge in [-0.25, -0.2) is 0 Å². The highest BCUT2D eigenvalue weighted by Crippen LogP contribution is 2.16. The minimum absolute atomic E-state index is 0.210. The largest absolute Gasteiger partial charge is 0.293 e.